The minimum Gasteiger partial charge on any atom is -0.383 e. The molecule has 0 aliphatic rings. The summed E-state index contributed by atoms with van der Waals surface area (Å²) in [7, 11) is -2.02. The van der Waals surface area contributed by atoms with Crippen molar-refractivity contribution in [2.45, 2.75) is 44.2 Å². The summed E-state index contributed by atoms with van der Waals surface area (Å²) in [6, 6.07) is 11.4. The second kappa shape index (κ2) is 13.2. The van der Waals surface area contributed by atoms with Crippen LogP contribution >= 0.6 is 0 Å². The number of nitrogens with zero attached hydrogens (tertiary/aromatic N) is 1. The topological polar surface area (TPSA) is 105 Å². The van der Waals surface area contributed by atoms with Crippen LogP contribution in [0.4, 0.5) is 4.39 Å². The normalized spacial score (nSPS) is 12.2. The molecule has 0 heterocycles. The van der Waals surface area contributed by atoms with Crippen LogP contribution in [-0.2, 0) is 37.3 Å². The Kier molecular flexibility index (Phi) is 10.6. The lowest BCUT2D eigenvalue weighted by Gasteiger charge is -2.29. The number of methoxy groups -OCH3 is 1. The summed E-state index contributed by atoms with van der Waals surface area (Å²) < 4.78 is 44.8. The van der Waals surface area contributed by atoms with Gasteiger partial charge in [-0.3, -0.25) is 9.59 Å². The van der Waals surface area contributed by atoms with E-state index in [9.17, 15) is 22.4 Å². The summed E-state index contributed by atoms with van der Waals surface area (Å²) in [5, 5.41) is 2.74. The summed E-state index contributed by atoms with van der Waals surface area (Å²) in [5.41, 5.74) is 1.49. The highest BCUT2D eigenvalue weighted by atomic mass is 32.2. The van der Waals surface area contributed by atoms with Crippen LogP contribution in [0.15, 0.2) is 53.4 Å². The van der Waals surface area contributed by atoms with E-state index in [0.717, 1.165) is 5.56 Å². The zero-order valence-corrected chi connectivity index (χ0v) is 20.5. The van der Waals surface area contributed by atoms with Gasteiger partial charge in [0.15, 0.2) is 0 Å². The number of hydrogen-bond donors (Lipinski definition) is 2. The molecule has 2 aromatic carbocycles. The Morgan fingerprint density at radius 1 is 1.06 bits per heavy atom. The lowest BCUT2D eigenvalue weighted by Crippen LogP contribution is -2.48. The van der Waals surface area contributed by atoms with Gasteiger partial charge in [-0.15, -0.1) is 0 Å². The molecule has 0 aromatic heterocycles. The highest BCUT2D eigenvalue weighted by Crippen LogP contribution is 2.15. The van der Waals surface area contributed by atoms with Gasteiger partial charge in [0, 0.05) is 33.2 Å². The highest BCUT2D eigenvalue weighted by Gasteiger charge is 2.26. The first-order chi connectivity index (χ1) is 16.2. The van der Waals surface area contributed by atoms with Gasteiger partial charge in [0.1, 0.15) is 11.9 Å². The number of ether oxygens (including phenoxy) is 1. The van der Waals surface area contributed by atoms with Gasteiger partial charge >= 0.3 is 0 Å². The number of carbonyl (C=O) groups excluding carboxylic acids is 2. The number of aryl methyl sites for hydroxylation is 1. The molecule has 34 heavy (non-hydrogen) atoms. The van der Waals surface area contributed by atoms with Gasteiger partial charge in [-0.1, -0.05) is 31.2 Å². The van der Waals surface area contributed by atoms with E-state index < -0.39 is 16.1 Å². The lowest BCUT2D eigenvalue weighted by molar-refractivity contribution is -0.140. The molecule has 2 aromatic rings. The Morgan fingerprint density at radius 2 is 1.68 bits per heavy atom. The van der Waals surface area contributed by atoms with E-state index in [4.69, 9.17) is 4.74 Å². The fourth-order valence-electron chi connectivity index (χ4n) is 3.30. The molecule has 0 aliphatic heterocycles. The Bertz CT molecular complexity index is 1040. The van der Waals surface area contributed by atoms with Crippen LogP contribution < -0.4 is 10.0 Å². The van der Waals surface area contributed by atoms with E-state index in [-0.39, 0.29) is 35.5 Å². The maximum absolute atomic E-state index is 13.3. The first-order valence-corrected chi connectivity index (χ1v) is 12.6. The second-order valence-electron chi connectivity index (χ2n) is 7.75. The van der Waals surface area contributed by atoms with Crippen molar-refractivity contribution in [2.75, 3.05) is 26.8 Å². The first-order valence-electron chi connectivity index (χ1n) is 11.1. The summed E-state index contributed by atoms with van der Waals surface area (Å²) in [6.45, 7) is 4.46. The molecular weight excluding hydrogens is 461 g/mol. The van der Waals surface area contributed by atoms with Crippen LogP contribution in [-0.4, -0.2) is 58.0 Å². The molecule has 2 N–H and O–H groups in total. The molecule has 2 amide bonds. The smallest absolute Gasteiger partial charge is 0.242 e. The second-order valence-corrected chi connectivity index (χ2v) is 9.52. The van der Waals surface area contributed by atoms with Crippen molar-refractivity contribution in [3.63, 3.8) is 0 Å². The number of sulfonamides is 1. The average Bonchev–Trinajstić information content (AvgIpc) is 2.82. The van der Waals surface area contributed by atoms with E-state index >= 15 is 0 Å². The van der Waals surface area contributed by atoms with Crippen LogP contribution in [0, 0.1) is 5.82 Å². The molecular formula is C24H32FN3O5S. The highest BCUT2D eigenvalue weighted by molar-refractivity contribution is 7.89. The maximum Gasteiger partial charge on any atom is 0.242 e. The third-order valence-corrected chi connectivity index (χ3v) is 6.80. The van der Waals surface area contributed by atoms with Gasteiger partial charge in [-0.25, -0.2) is 17.5 Å². The zero-order valence-electron chi connectivity index (χ0n) is 19.7. The van der Waals surface area contributed by atoms with Gasteiger partial charge < -0.3 is 15.0 Å². The number of nitrogens with one attached hydrogen (secondary N) is 2. The summed E-state index contributed by atoms with van der Waals surface area (Å²) >= 11 is 0. The fourth-order valence-corrected chi connectivity index (χ4v) is 4.34. The Balaban J connectivity index is 2.10. The molecule has 1 atom stereocenters. The number of halogens is 1. The van der Waals surface area contributed by atoms with Crippen molar-refractivity contribution in [3.05, 3.63) is 65.5 Å². The largest absolute Gasteiger partial charge is 0.383 e. The summed E-state index contributed by atoms with van der Waals surface area (Å²) in [5.74, 6) is -0.944. The Morgan fingerprint density at radius 3 is 2.26 bits per heavy atom. The van der Waals surface area contributed by atoms with Gasteiger partial charge in [0.2, 0.25) is 21.8 Å². The van der Waals surface area contributed by atoms with Crippen molar-refractivity contribution in [2.24, 2.45) is 0 Å². The summed E-state index contributed by atoms with van der Waals surface area (Å²) in [6.07, 6.45) is 0.495. The summed E-state index contributed by atoms with van der Waals surface area (Å²) in [4.78, 5) is 27.3. The lowest BCUT2D eigenvalue weighted by atomic mass is 10.1. The van der Waals surface area contributed by atoms with Crippen LogP contribution in [0.2, 0.25) is 0 Å². The molecule has 186 valence electrons. The number of hydrogen-bond acceptors (Lipinski definition) is 5. The molecule has 1 unspecified atom stereocenters. The van der Waals surface area contributed by atoms with Gasteiger partial charge in [0.25, 0.3) is 0 Å². The van der Waals surface area contributed by atoms with Crippen LogP contribution in [0.1, 0.15) is 31.4 Å². The van der Waals surface area contributed by atoms with Crippen LogP contribution in [0.5, 0.6) is 0 Å². The van der Waals surface area contributed by atoms with Crippen LogP contribution in [0.3, 0.4) is 0 Å². The van der Waals surface area contributed by atoms with E-state index in [2.05, 4.69) is 10.0 Å². The fraction of sp³-hybridized carbons (Fsp3) is 0.417. The molecule has 2 rings (SSSR count). The van der Waals surface area contributed by atoms with Crippen molar-refractivity contribution >= 4 is 21.8 Å². The molecule has 10 heteroatoms. The molecule has 8 nitrogen and oxygen atoms in total. The molecule has 0 radical (unpaired) electrons. The third kappa shape index (κ3) is 8.19. The number of rotatable bonds is 13. The molecule has 0 fully saturated rings. The van der Waals surface area contributed by atoms with Crippen molar-refractivity contribution in [3.8, 4) is 0 Å². The Labute approximate surface area is 200 Å². The molecule has 0 saturated heterocycles. The number of amides is 2. The van der Waals surface area contributed by atoms with Gasteiger partial charge in [-0.2, -0.15) is 0 Å². The third-order valence-electron chi connectivity index (χ3n) is 5.23. The van der Waals surface area contributed by atoms with Crippen molar-refractivity contribution in [1.82, 2.24) is 14.9 Å². The minimum absolute atomic E-state index is 0.121. The molecule has 0 saturated carbocycles. The van der Waals surface area contributed by atoms with Gasteiger partial charge in [-0.05, 0) is 48.7 Å². The zero-order chi connectivity index (χ0) is 25.1. The standard InChI is InChI=1S/C24H32FN3O5S/c1-4-27-34(31,32)22-12-7-19(8-13-22)9-14-23(29)28(17-20-5-10-21(25)11-6-20)18(2)24(30)26-15-16-33-3/h5-8,10-13,18,27H,4,9,14-17H2,1-3H3,(H,26,30). The molecule has 0 aliphatic carbocycles. The van der Waals surface area contributed by atoms with Crippen molar-refractivity contribution < 1.29 is 27.1 Å². The van der Waals surface area contributed by atoms with E-state index in [1.165, 1.54) is 36.3 Å². The quantitative estimate of drug-likeness (QED) is 0.417. The predicted octanol–water partition coefficient (Wildman–Crippen LogP) is 2.24. The first kappa shape index (κ1) is 27.4. The van der Waals surface area contributed by atoms with E-state index in [0.29, 0.717) is 31.7 Å². The minimum atomic E-state index is -3.55. The van der Waals surface area contributed by atoms with Crippen LogP contribution in [0.25, 0.3) is 0 Å². The SMILES string of the molecule is CCNS(=O)(=O)c1ccc(CCC(=O)N(Cc2ccc(F)cc2)C(C)C(=O)NCCOC)cc1. The predicted molar refractivity (Wildman–Crippen MR) is 127 cm³/mol. The van der Waals surface area contributed by atoms with E-state index in [1.807, 2.05) is 0 Å². The van der Waals surface area contributed by atoms with E-state index in [1.54, 1.807) is 38.1 Å². The molecule has 0 bridgehead atoms. The Hall–Kier alpha value is -2.82. The number of carbonyl (C=O) groups is 2. The van der Waals surface area contributed by atoms with Gasteiger partial charge in [0.05, 0.1) is 11.5 Å². The monoisotopic (exact) mass is 493 g/mol. The maximum atomic E-state index is 13.3. The average molecular weight is 494 g/mol. The van der Waals surface area contributed by atoms with Crippen molar-refractivity contribution in [1.29, 1.82) is 0 Å². The molecule has 0 spiro atoms. The number of benzene rings is 2.